The average molecular weight is 492 g/mol. The summed E-state index contributed by atoms with van der Waals surface area (Å²) in [5, 5.41) is 5.40. The monoisotopic (exact) mass is 491 g/mol. The van der Waals surface area contributed by atoms with E-state index in [4.69, 9.17) is 5.14 Å². The molecule has 3 aromatic carbocycles. The molecule has 5 rings (SSSR count). The summed E-state index contributed by atoms with van der Waals surface area (Å²) in [5.74, 6) is 0. The zero-order chi connectivity index (χ0) is 24.1. The van der Waals surface area contributed by atoms with Gasteiger partial charge in [-0.15, -0.1) is 0 Å². The van der Waals surface area contributed by atoms with E-state index in [0.717, 1.165) is 11.1 Å². The number of nitrogens with two attached hydrogens (primary N) is 1. The second kappa shape index (κ2) is 7.96. The van der Waals surface area contributed by atoms with Crippen molar-refractivity contribution in [2.24, 2.45) is 5.14 Å². The van der Waals surface area contributed by atoms with E-state index < -0.39 is 30.1 Å². The molecular formula is C24H17N3O5S2. The summed E-state index contributed by atoms with van der Waals surface area (Å²) in [6.07, 6.45) is 1.56. The highest BCUT2D eigenvalue weighted by Crippen LogP contribution is 2.40. The fourth-order valence-electron chi connectivity index (χ4n) is 4.10. The number of pyridine rings is 2. The standard InChI is InChI=1S/C24H17N3O5S2/c25-33(28,29)23-20(16-9-5-2-6-10-16)19-12-11-18-17(15-7-3-1-4-8-15)13-14-26-21(18)22(19)27-24(23)34(30,31)32/h1-14H,(H2,25,28,29)(H,30,31,32). The van der Waals surface area contributed by atoms with Gasteiger partial charge in [0.25, 0.3) is 0 Å². The first kappa shape index (κ1) is 22.1. The molecule has 0 atom stereocenters. The van der Waals surface area contributed by atoms with Crippen LogP contribution >= 0.6 is 0 Å². The Kier molecular flexibility index (Phi) is 5.18. The van der Waals surface area contributed by atoms with Crippen LogP contribution in [0, 0.1) is 0 Å². The molecule has 0 saturated heterocycles. The molecule has 3 N–H and O–H groups in total. The maximum Gasteiger partial charge on any atom is 0.313 e. The number of nitrogens with zero attached hydrogens (tertiary/aromatic N) is 2. The Balaban J connectivity index is 2.03. The van der Waals surface area contributed by atoms with Crippen molar-refractivity contribution in [2.45, 2.75) is 9.92 Å². The molecule has 2 aromatic heterocycles. The topological polar surface area (TPSA) is 140 Å². The van der Waals surface area contributed by atoms with Crippen LogP contribution in [0.2, 0.25) is 0 Å². The summed E-state index contributed by atoms with van der Waals surface area (Å²) in [6.45, 7) is 0. The Morgan fingerprint density at radius 1 is 0.706 bits per heavy atom. The third kappa shape index (κ3) is 3.72. The Labute approximate surface area is 195 Å². The van der Waals surface area contributed by atoms with Crippen molar-refractivity contribution in [2.75, 3.05) is 0 Å². The van der Waals surface area contributed by atoms with Gasteiger partial charge in [0, 0.05) is 22.5 Å². The summed E-state index contributed by atoms with van der Waals surface area (Å²) < 4.78 is 59.7. The number of fused-ring (bicyclic) bond motifs is 3. The molecule has 34 heavy (non-hydrogen) atoms. The van der Waals surface area contributed by atoms with Crippen molar-refractivity contribution in [3.05, 3.63) is 85.1 Å². The molecule has 0 radical (unpaired) electrons. The highest BCUT2D eigenvalue weighted by Gasteiger charge is 2.31. The lowest BCUT2D eigenvalue weighted by Gasteiger charge is -2.16. The molecular weight excluding hydrogens is 474 g/mol. The van der Waals surface area contributed by atoms with Crippen molar-refractivity contribution in [1.82, 2.24) is 9.97 Å². The molecule has 0 bridgehead atoms. The molecule has 0 fully saturated rings. The van der Waals surface area contributed by atoms with Crippen LogP contribution in [-0.4, -0.2) is 31.4 Å². The highest BCUT2D eigenvalue weighted by atomic mass is 32.2. The molecule has 0 unspecified atom stereocenters. The van der Waals surface area contributed by atoms with Gasteiger partial charge in [-0.25, -0.2) is 18.5 Å². The van der Waals surface area contributed by atoms with Crippen LogP contribution in [-0.2, 0) is 20.1 Å². The summed E-state index contributed by atoms with van der Waals surface area (Å²) >= 11 is 0. The summed E-state index contributed by atoms with van der Waals surface area (Å²) in [5.41, 5.74) is 2.63. The van der Waals surface area contributed by atoms with Gasteiger partial charge >= 0.3 is 10.1 Å². The summed E-state index contributed by atoms with van der Waals surface area (Å²) in [6, 6.07) is 23.1. The molecule has 0 saturated carbocycles. The van der Waals surface area contributed by atoms with Gasteiger partial charge in [-0.3, -0.25) is 9.54 Å². The van der Waals surface area contributed by atoms with Crippen LogP contribution in [0.1, 0.15) is 0 Å². The Morgan fingerprint density at radius 2 is 1.29 bits per heavy atom. The first-order chi connectivity index (χ1) is 16.2. The number of hydrogen-bond acceptors (Lipinski definition) is 6. The van der Waals surface area contributed by atoms with Crippen molar-refractivity contribution in [1.29, 1.82) is 0 Å². The van der Waals surface area contributed by atoms with Crippen molar-refractivity contribution >= 4 is 41.9 Å². The third-order valence-electron chi connectivity index (χ3n) is 5.47. The quantitative estimate of drug-likeness (QED) is 0.286. The van der Waals surface area contributed by atoms with Crippen molar-refractivity contribution in [3.8, 4) is 22.3 Å². The van der Waals surface area contributed by atoms with Crippen LogP contribution in [0.3, 0.4) is 0 Å². The molecule has 5 aromatic rings. The van der Waals surface area contributed by atoms with Gasteiger partial charge < -0.3 is 0 Å². The van der Waals surface area contributed by atoms with E-state index in [1.54, 1.807) is 48.7 Å². The highest BCUT2D eigenvalue weighted by molar-refractivity contribution is 7.91. The van der Waals surface area contributed by atoms with Crippen LogP contribution in [0.15, 0.2) is 95.0 Å². The fourth-order valence-corrected chi connectivity index (χ4v) is 6.11. The van der Waals surface area contributed by atoms with E-state index in [-0.39, 0.29) is 11.1 Å². The second-order valence-electron chi connectivity index (χ2n) is 7.59. The normalized spacial score (nSPS) is 12.3. The minimum absolute atomic E-state index is 0.0227. The maximum absolute atomic E-state index is 12.6. The van der Waals surface area contributed by atoms with Gasteiger partial charge in [0.05, 0.1) is 11.0 Å². The molecule has 0 spiro atoms. The molecule has 0 amide bonds. The Bertz CT molecular complexity index is 1790. The number of hydrogen-bond donors (Lipinski definition) is 2. The first-order valence-corrected chi connectivity index (χ1v) is 13.0. The molecule has 2 heterocycles. The van der Waals surface area contributed by atoms with Crippen LogP contribution in [0.5, 0.6) is 0 Å². The van der Waals surface area contributed by atoms with E-state index >= 15 is 0 Å². The predicted octanol–water partition coefficient (Wildman–Crippen LogP) is 4.01. The van der Waals surface area contributed by atoms with Crippen molar-refractivity contribution in [3.63, 3.8) is 0 Å². The molecule has 0 aliphatic carbocycles. The predicted molar refractivity (Wildman–Crippen MR) is 129 cm³/mol. The van der Waals surface area contributed by atoms with Gasteiger partial charge in [-0.2, -0.15) is 8.42 Å². The average Bonchev–Trinajstić information content (AvgIpc) is 2.82. The van der Waals surface area contributed by atoms with E-state index in [1.165, 1.54) is 0 Å². The summed E-state index contributed by atoms with van der Waals surface area (Å²) in [7, 11) is -9.68. The molecule has 0 aliphatic rings. The number of benzene rings is 3. The van der Waals surface area contributed by atoms with Gasteiger partial charge in [-0.1, -0.05) is 72.8 Å². The Hall–Kier alpha value is -3.70. The Morgan fingerprint density at radius 3 is 1.88 bits per heavy atom. The van der Waals surface area contributed by atoms with E-state index in [1.807, 2.05) is 36.4 Å². The molecule has 0 aliphatic heterocycles. The largest absolute Gasteiger partial charge is 0.313 e. The van der Waals surface area contributed by atoms with Crippen LogP contribution < -0.4 is 5.14 Å². The molecule has 8 nitrogen and oxygen atoms in total. The first-order valence-electron chi connectivity index (χ1n) is 10.0. The smallest absolute Gasteiger partial charge is 0.281 e. The lowest BCUT2D eigenvalue weighted by atomic mass is 9.96. The molecule has 10 heteroatoms. The van der Waals surface area contributed by atoms with E-state index in [2.05, 4.69) is 9.97 Å². The van der Waals surface area contributed by atoms with Crippen molar-refractivity contribution < 1.29 is 21.4 Å². The number of rotatable bonds is 4. The zero-order valence-corrected chi connectivity index (χ0v) is 19.1. The number of sulfonamides is 1. The van der Waals surface area contributed by atoms with E-state index in [0.29, 0.717) is 21.9 Å². The SMILES string of the molecule is NS(=O)(=O)c1c(S(=O)(=O)O)nc2c(ccc3c(-c4ccccc4)ccnc32)c1-c1ccccc1. The lowest BCUT2D eigenvalue weighted by molar-refractivity contribution is 0.475. The maximum atomic E-state index is 12.6. The van der Waals surface area contributed by atoms with Gasteiger partial charge in [0.1, 0.15) is 4.90 Å². The van der Waals surface area contributed by atoms with Gasteiger partial charge in [0.15, 0.2) is 0 Å². The van der Waals surface area contributed by atoms with E-state index in [9.17, 15) is 21.4 Å². The van der Waals surface area contributed by atoms with Gasteiger partial charge in [0.2, 0.25) is 15.0 Å². The summed E-state index contributed by atoms with van der Waals surface area (Å²) in [4.78, 5) is 7.76. The third-order valence-corrected chi connectivity index (χ3v) is 7.35. The molecule has 170 valence electrons. The van der Waals surface area contributed by atoms with Gasteiger partial charge in [-0.05, 0) is 22.8 Å². The van der Waals surface area contributed by atoms with Crippen LogP contribution in [0.25, 0.3) is 44.1 Å². The van der Waals surface area contributed by atoms with Crippen LogP contribution in [0.4, 0.5) is 0 Å². The zero-order valence-electron chi connectivity index (χ0n) is 17.5. The minimum atomic E-state index is -5.07. The fraction of sp³-hybridized carbons (Fsp3) is 0. The lowest BCUT2D eigenvalue weighted by Crippen LogP contribution is -2.19. The number of aromatic nitrogens is 2. The number of primary sulfonamides is 1. The minimum Gasteiger partial charge on any atom is -0.281 e. The second-order valence-corrected chi connectivity index (χ2v) is 10.4.